The molecule has 2 unspecified atom stereocenters. The third-order valence-corrected chi connectivity index (χ3v) is 4.05. The number of carboxylic acid groups (broad SMARTS) is 1. The molecule has 0 radical (unpaired) electrons. The number of hydrogen-bond acceptors (Lipinski definition) is 3. The summed E-state index contributed by atoms with van der Waals surface area (Å²) in [7, 11) is 2.13. The zero-order valence-corrected chi connectivity index (χ0v) is 10.1. The summed E-state index contributed by atoms with van der Waals surface area (Å²) in [5, 5.41) is 9.25. The van der Waals surface area contributed by atoms with Gasteiger partial charge in [-0.25, -0.2) is 0 Å². The molecule has 0 spiro atoms. The van der Waals surface area contributed by atoms with Crippen LogP contribution in [0.1, 0.15) is 25.7 Å². The van der Waals surface area contributed by atoms with E-state index in [1.54, 1.807) is 0 Å². The van der Waals surface area contributed by atoms with Crippen molar-refractivity contribution in [1.82, 2.24) is 9.80 Å². The number of carbonyl (C=O) groups is 1. The second-order valence-corrected chi connectivity index (χ2v) is 5.14. The highest BCUT2D eigenvalue weighted by atomic mass is 16.4. The second-order valence-electron chi connectivity index (χ2n) is 5.14. The Morgan fingerprint density at radius 3 is 2.38 bits per heavy atom. The fourth-order valence-corrected chi connectivity index (χ4v) is 2.99. The van der Waals surface area contributed by atoms with Gasteiger partial charge in [-0.1, -0.05) is 12.8 Å². The van der Waals surface area contributed by atoms with Crippen molar-refractivity contribution in [2.24, 2.45) is 5.92 Å². The van der Waals surface area contributed by atoms with Crippen LogP contribution in [0.2, 0.25) is 0 Å². The maximum Gasteiger partial charge on any atom is 0.308 e. The minimum absolute atomic E-state index is 0.128. The molecule has 2 fully saturated rings. The van der Waals surface area contributed by atoms with Crippen LogP contribution in [-0.4, -0.2) is 60.1 Å². The predicted octanol–water partition coefficient (Wildman–Crippen LogP) is 0.877. The number of rotatable bonds is 2. The highest BCUT2D eigenvalue weighted by Gasteiger charge is 2.35. The lowest BCUT2D eigenvalue weighted by atomic mass is 9.83. The summed E-state index contributed by atoms with van der Waals surface area (Å²) >= 11 is 0. The normalized spacial score (nSPS) is 33.8. The molecule has 0 aromatic carbocycles. The molecule has 1 aliphatic carbocycles. The average Bonchev–Trinajstić information content (AvgIpc) is 2.30. The van der Waals surface area contributed by atoms with Gasteiger partial charge in [0, 0.05) is 32.2 Å². The standard InChI is InChI=1S/C12H22N2O2/c1-13-6-8-14(9-7-13)11-5-3-2-4-10(11)12(15)16/h10-11H,2-9H2,1H3,(H,15,16). The summed E-state index contributed by atoms with van der Waals surface area (Å²) in [6.45, 7) is 4.21. The summed E-state index contributed by atoms with van der Waals surface area (Å²) < 4.78 is 0. The van der Waals surface area contributed by atoms with Crippen molar-refractivity contribution in [2.75, 3.05) is 33.2 Å². The third kappa shape index (κ3) is 2.55. The van der Waals surface area contributed by atoms with Gasteiger partial charge >= 0.3 is 5.97 Å². The maximum atomic E-state index is 11.2. The molecular weight excluding hydrogens is 204 g/mol. The Hall–Kier alpha value is -0.610. The van der Waals surface area contributed by atoms with Gasteiger partial charge < -0.3 is 10.0 Å². The van der Waals surface area contributed by atoms with E-state index in [0.29, 0.717) is 6.04 Å². The zero-order valence-electron chi connectivity index (χ0n) is 10.1. The van der Waals surface area contributed by atoms with Crippen LogP contribution in [-0.2, 0) is 4.79 Å². The Bertz CT molecular complexity index is 249. The quantitative estimate of drug-likeness (QED) is 0.759. The lowest BCUT2D eigenvalue weighted by molar-refractivity contribution is -0.146. The average molecular weight is 226 g/mol. The molecule has 1 saturated carbocycles. The van der Waals surface area contributed by atoms with Crippen molar-refractivity contribution in [3.05, 3.63) is 0 Å². The predicted molar refractivity (Wildman–Crippen MR) is 62.5 cm³/mol. The summed E-state index contributed by atoms with van der Waals surface area (Å²) in [4.78, 5) is 15.9. The fourth-order valence-electron chi connectivity index (χ4n) is 2.99. The molecule has 1 N–H and O–H groups in total. The van der Waals surface area contributed by atoms with Crippen molar-refractivity contribution >= 4 is 5.97 Å². The van der Waals surface area contributed by atoms with Crippen LogP contribution in [0, 0.1) is 5.92 Å². The lowest BCUT2D eigenvalue weighted by Crippen LogP contribution is -2.53. The van der Waals surface area contributed by atoms with Gasteiger partial charge in [-0.3, -0.25) is 9.69 Å². The van der Waals surface area contributed by atoms with Crippen LogP contribution < -0.4 is 0 Å². The van der Waals surface area contributed by atoms with E-state index in [4.69, 9.17) is 0 Å². The third-order valence-electron chi connectivity index (χ3n) is 4.05. The first-order valence-electron chi connectivity index (χ1n) is 6.34. The van der Waals surface area contributed by atoms with Gasteiger partial charge in [-0.2, -0.15) is 0 Å². The van der Waals surface area contributed by atoms with Gasteiger partial charge in [0.1, 0.15) is 0 Å². The number of hydrogen-bond donors (Lipinski definition) is 1. The molecule has 0 aromatic rings. The molecular formula is C12H22N2O2. The van der Waals surface area contributed by atoms with Gasteiger partial charge in [0.15, 0.2) is 0 Å². The van der Waals surface area contributed by atoms with Gasteiger partial charge in [0.2, 0.25) is 0 Å². The van der Waals surface area contributed by atoms with Crippen LogP contribution in [0.4, 0.5) is 0 Å². The minimum Gasteiger partial charge on any atom is -0.481 e. The van der Waals surface area contributed by atoms with Crippen LogP contribution in [0.15, 0.2) is 0 Å². The Balaban J connectivity index is 1.97. The SMILES string of the molecule is CN1CCN(C2CCCCC2C(=O)O)CC1. The Morgan fingerprint density at radius 2 is 1.75 bits per heavy atom. The van der Waals surface area contributed by atoms with Crippen LogP contribution in [0.25, 0.3) is 0 Å². The molecule has 1 aliphatic heterocycles. The first kappa shape index (κ1) is 11.9. The first-order valence-corrected chi connectivity index (χ1v) is 6.34. The van der Waals surface area contributed by atoms with E-state index in [9.17, 15) is 9.90 Å². The van der Waals surface area contributed by atoms with Crippen LogP contribution in [0.3, 0.4) is 0 Å². The van der Waals surface area contributed by atoms with Gasteiger partial charge in [-0.15, -0.1) is 0 Å². The smallest absolute Gasteiger partial charge is 0.308 e. The molecule has 2 atom stereocenters. The minimum atomic E-state index is -0.594. The molecule has 4 nitrogen and oxygen atoms in total. The molecule has 0 aromatic heterocycles. The van der Waals surface area contributed by atoms with Crippen LogP contribution in [0.5, 0.6) is 0 Å². The van der Waals surface area contributed by atoms with Crippen LogP contribution >= 0.6 is 0 Å². The van der Waals surface area contributed by atoms with Crippen molar-refractivity contribution < 1.29 is 9.90 Å². The molecule has 92 valence electrons. The topological polar surface area (TPSA) is 43.8 Å². The number of piperazine rings is 1. The second kappa shape index (κ2) is 5.15. The molecule has 1 saturated heterocycles. The summed E-state index contributed by atoms with van der Waals surface area (Å²) in [6.07, 6.45) is 4.22. The Labute approximate surface area is 97.2 Å². The molecule has 4 heteroatoms. The zero-order chi connectivity index (χ0) is 11.5. The van der Waals surface area contributed by atoms with Crippen molar-refractivity contribution in [1.29, 1.82) is 0 Å². The van der Waals surface area contributed by atoms with E-state index < -0.39 is 5.97 Å². The summed E-state index contributed by atoms with van der Waals surface area (Å²) in [5.41, 5.74) is 0. The van der Waals surface area contributed by atoms with E-state index >= 15 is 0 Å². The summed E-state index contributed by atoms with van der Waals surface area (Å²) in [5.74, 6) is -0.721. The van der Waals surface area contributed by atoms with Crippen molar-refractivity contribution in [2.45, 2.75) is 31.7 Å². The number of nitrogens with zero attached hydrogens (tertiary/aromatic N) is 2. The van der Waals surface area contributed by atoms with E-state index in [2.05, 4.69) is 16.8 Å². The van der Waals surface area contributed by atoms with E-state index in [-0.39, 0.29) is 5.92 Å². The van der Waals surface area contributed by atoms with E-state index in [1.807, 2.05) is 0 Å². The maximum absolute atomic E-state index is 11.2. The Morgan fingerprint density at radius 1 is 1.12 bits per heavy atom. The lowest BCUT2D eigenvalue weighted by Gasteiger charge is -2.42. The molecule has 0 amide bonds. The monoisotopic (exact) mass is 226 g/mol. The van der Waals surface area contributed by atoms with Gasteiger partial charge in [0.25, 0.3) is 0 Å². The number of aliphatic carboxylic acids is 1. The molecule has 2 aliphatic rings. The van der Waals surface area contributed by atoms with Gasteiger partial charge in [-0.05, 0) is 19.9 Å². The van der Waals surface area contributed by atoms with Crippen molar-refractivity contribution in [3.8, 4) is 0 Å². The number of carboxylic acids is 1. The van der Waals surface area contributed by atoms with Gasteiger partial charge in [0.05, 0.1) is 5.92 Å². The first-order chi connectivity index (χ1) is 7.68. The van der Waals surface area contributed by atoms with E-state index in [1.165, 1.54) is 6.42 Å². The van der Waals surface area contributed by atoms with Crippen molar-refractivity contribution in [3.63, 3.8) is 0 Å². The molecule has 2 rings (SSSR count). The molecule has 1 heterocycles. The molecule has 16 heavy (non-hydrogen) atoms. The fraction of sp³-hybridized carbons (Fsp3) is 0.917. The largest absolute Gasteiger partial charge is 0.481 e. The molecule has 0 bridgehead atoms. The summed E-state index contributed by atoms with van der Waals surface area (Å²) in [6, 6.07) is 0.292. The highest BCUT2D eigenvalue weighted by Crippen LogP contribution is 2.29. The highest BCUT2D eigenvalue weighted by molar-refractivity contribution is 5.71. The Kier molecular flexibility index (Phi) is 3.82. The number of likely N-dealkylation sites (N-methyl/N-ethyl adjacent to an activating group) is 1. The van der Waals surface area contributed by atoms with E-state index in [0.717, 1.165) is 45.4 Å².